The average Bonchev–Trinajstić information content (AvgIpc) is 2.95. The fourth-order valence-electron chi connectivity index (χ4n) is 1.81. The first-order chi connectivity index (χ1) is 8.63. The molecule has 6 nitrogen and oxygen atoms in total. The highest BCUT2D eigenvalue weighted by Gasteiger charge is 2.31. The lowest BCUT2D eigenvalue weighted by molar-refractivity contribution is -0.139. The molecule has 7 heteroatoms. The zero-order valence-electron chi connectivity index (χ0n) is 9.96. The van der Waals surface area contributed by atoms with Crippen molar-refractivity contribution in [1.82, 2.24) is 4.98 Å². The molecule has 1 aromatic heterocycles. The monoisotopic (exact) mass is 270 g/mol. The number of anilines is 1. The number of hydrogen-bond acceptors (Lipinski definition) is 6. The molecule has 1 N–H and O–H groups in total. The van der Waals surface area contributed by atoms with Crippen LogP contribution < -0.4 is 4.90 Å². The van der Waals surface area contributed by atoms with E-state index in [9.17, 15) is 9.59 Å². The molecule has 0 bridgehead atoms. The van der Waals surface area contributed by atoms with Gasteiger partial charge in [0.25, 0.3) is 0 Å². The van der Waals surface area contributed by atoms with Crippen LogP contribution in [0.4, 0.5) is 5.13 Å². The van der Waals surface area contributed by atoms with E-state index in [4.69, 9.17) is 5.11 Å². The van der Waals surface area contributed by atoms with Crippen molar-refractivity contribution < 1.29 is 19.4 Å². The van der Waals surface area contributed by atoms with Crippen LogP contribution in [0.5, 0.6) is 0 Å². The Bertz CT molecular complexity index is 460. The van der Waals surface area contributed by atoms with E-state index in [-0.39, 0.29) is 30.8 Å². The summed E-state index contributed by atoms with van der Waals surface area (Å²) in [5, 5.41) is 11.4. The molecular weight excluding hydrogens is 256 g/mol. The molecule has 1 aromatic rings. The van der Waals surface area contributed by atoms with Crippen molar-refractivity contribution in [3.8, 4) is 0 Å². The first kappa shape index (κ1) is 13.0. The SMILES string of the molecule is COC(=O)Cc1csc(N2CC(CO)CC2=O)n1. The minimum absolute atomic E-state index is 0.00261. The van der Waals surface area contributed by atoms with Crippen molar-refractivity contribution in [2.75, 3.05) is 25.2 Å². The number of hydrogen-bond donors (Lipinski definition) is 1. The van der Waals surface area contributed by atoms with Crippen LogP contribution in [0.25, 0.3) is 0 Å². The van der Waals surface area contributed by atoms with Crippen LogP contribution in [0.2, 0.25) is 0 Å². The number of methoxy groups -OCH3 is 1. The fraction of sp³-hybridized carbons (Fsp3) is 0.545. The standard InChI is InChI=1S/C11H14N2O4S/c1-17-10(16)3-8-6-18-11(12-8)13-4-7(5-14)2-9(13)15/h6-7,14H,2-5H2,1H3. The van der Waals surface area contributed by atoms with Gasteiger partial charge in [-0.2, -0.15) is 0 Å². The van der Waals surface area contributed by atoms with Crippen molar-refractivity contribution in [2.24, 2.45) is 5.92 Å². The highest BCUT2D eigenvalue weighted by Crippen LogP contribution is 2.27. The fourth-order valence-corrected chi connectivity index (χ4v) is 2.66. The summed E-state index contributed by atoms with van der Waals surface area (Å²) in [5.41, 5.74) is 0.599. The molecule has 1 saturated heterocycles. The predicted octanol–water partition coefficient (Wildman–Crippen LogP) is 0.204. The Morgan fingerprint density at radius 2 is 2.50 bits per heavy atom. The van der Waals surface area contributed by atoms with Crippen LogP contribution in [-0.4, -0.2) is 42.2 Å². The summed E-state index contributed by atoms with van der Waals surface area (Å²) in [7, 11) is 1.32. The van der Waals surface area contributed by atoms with E-state index in [1.807, 2.05) is 0 Å². The van der Waals surface area contributed by atoms with Crippen molar-refractivity contribution in [3.63, 3.8) is 0 Å². The Morgan fingerprint density at radius 3 is 3.11 bits per heavy atom. The number of thiazole rings is 1. The van der Waals surface area contributed by atoms with E-state index in [1.165, 1.54) is 18.4 Å². The second kappa shape index (κ2) is 5.45. The summed E-state index contributed by atoms with van der Waals surface area (Å²) < 4.78 is 4.56. The summed E-state index contributed by atoms with van der Waals surface area (Å²) >= 11 is 1.32. The third-order valence-electron chi connectivity index (χ3n) is 2.79. The highest BCUT2D eigenvalue weighted by atomic mass is 32.1. The molecule has 0 aromatic carbocycles. The summed E-state index contributed by atoms with van der Waals surface area (Å²) in [5.74, 6) is -0.411. The lowest BCUT2D eigenvalue weighted by atomic mass is 10.1. The maximum atomic E-state index is 11.7. The number of amides is 1. The summed E-state index contributed by atoms with van der Waals surface area (Å²) in [6.45, 7) is 0.489. The van der Waals surface area contributed by atoms with Crippen LogP contribution in [0, 0.1) is 5.92 Å². The maximum absolute atomic E-state index is 11.7. The van der Waals surface area contributed by atoms with Gasteiger partial charge in [0, 0.05) is 30.9 Å². The van der Waals surface area contributed by atoms with Gasteiger partial charge < -0.3 is 9.84 Å². The van der Waals surface area contributed by atoms with Gasteiger partial charge in [-0.25, -0.2) is 4.98 Å². The van der Waals surface area contributed by atoms with Gasteiger partial charge in [-0.15, -0.1) is 11.3 Å². The molecule has 1 aliphatic heterocycles. The summed E-state index contributed by atoms with van der Waals surface area (Å²) in [6.07, 6.45) is 0.459. The molecule has 18 heavy (non-hydrogen) atoms. The Hall–Kier alpha value is -1.47. The lowest BCUT2D eigenvalue weighted by Crippen LogP contribution is -2.24. The molecular formula is C11H14N2O4S. The molecule has 98 valence electrons. The van der Waals surface area contributed by atoms with Gasteiger partial charge in [-0.05, 0) is 0 Å². The number of aliphatic hydroxyl groups excluding tert-OH is 1. The second-order valence-electron chi connectivity index (χ2n) is 4.13. The van der Waals surface area contributed by atoms with Crippen LogP contribution in [-0.2, 0) is 20.7 Å². The molecule has 2 heterocycles. The van der Waals surface area contributed by atoms with Gasteiger partial charge in [0.05, 0.1) is 19.2 Å². The molecule has 1 unspecified atom stereocenters. The smallest absolute Gasteiger partial charge is 0.311 e. The third kappa shape index (κ3) is 2.68. The molecule has 2 rings (SSSR count). The van der Waals surface area contributed by atoms with Crippen molar-refractivity contribution in [1.29, 1.82) is 0 Å². The maximum Gasteiger partial charge on any atom is 0.311 e. The number of aromatic nitrogens is 1. The number of aliphatic hydroxyl groups is 1. The van der Waals surface area contributed by atoms with Crippen molar-refractivity contribution >= 4 is 28.3 Å². The number of carbonyl (C=O) groups is 2. The number of esters is 1. The van der Waals surface area contributed by atoms with E-state index in [0.717, 1.165) is 0 Å². The van der Waals surface area contributed by atoms with E-state index in [2.05, 4.69) is 9.72 Å². The Labute approximate surface area is 108 Å². The first-order valence-electron chi connectivity index (χ1n) is 5.56. The molecule has 1 amide bonds. The zero-order chi connectivity index (χ0) is 13.1. The number of ether oxygens (including phenoxy) is 1. The topological polar surface area (TPSA) is 79.7 Å². The van der Waals surface area contributed by atoms with Crippen LogP contribution >= 0.6 is 11.3 Å². The van der Waals surface area contributed by atoms with Crippen molar-refractivity contribution in [3.05, 3.63) is 11.1 Å². The van der Waals surface area contributed by atoms with Gasteiger partial charge in [-0.1, -0.05) is 0 Å². The van der Waals surface area contributed by atoms with Crippen LogP contribution in [0.15, 0.2) is 5.38 Å². The molecule has 1 fully saturated rings. The lowest BCUT2D eigenvalue weighted by Gasteiger charge is -2.11. The third-order valence-corrected chi connectivity index (χ3v) is 3.70. The first-order valence-corrected chi connectivity index (χ1v) is 6.44. The quantitative estimate of drug-likeness (QED) is 0.791. The van der Waals surface area contributed by atoms with Gasteiger partial charge in [0.15, 0.2) is 5.13 Å². The Kier molecular flexibility index (Phi) is 3.93. The van der Waals surface area contributed by atoms with E-state index in [1.54, 1.807) is 10.3 Å². The number of rotatable bonds is 4. The van der Waals surface area contributed by atoms with E-state index < -0.39 is 0 Å². The van der Waals surface area contributed by atoms with E-state index in [0.29, 0.717) is 23.8 Å². The molecule has 0 radical (unpaired) electrons. The minimum Gasteiger partial charge on any atom is -0.469 e. The second-order valence-corrected chi connectivity index (χ2v) is 4.97. The average molecular weight is 270 g/mol. The predicted molar refractivity (Wildman–Crippen MR) is 65.4 cm³/mol. The molecule has 1 aliphatic rings. The Morgan fingerprint density at radius 1 is 1.72 bits per heavy atom. The van der Waals surface area contributed by atoms with Crippen LogP contribution in [0.3, 0.4) is 0 Å². The normalized spacial score (nSPS) is 19.3. The van der Waals surface area contributed by atoms with Gasteiger partial charge in [-0.3, -0.25) is 14.5 Å². The number of carbonyl (C=O) groups excluding carboxylic acids is 2. The van der Waals surface area contributed by atoms with Crippen LogP contribution in [0.1, 0.15) is 12.1 Å². The molecule has 0 saturated carbocycles. The summed E-state index contributed by atoms with van der Waals surface area (Å²) in [6, 6.07) is 0. The van der Waals surface area contributed by atoms with Gasteiger partial charge in [0.2, 0.25) is 5.91 Å². The van der Waals surface area contributed by atoms with E-state index >= 15 is 0 Å². The highest BCUT2D eigenvalue weighted by molar-refractivity contribution is 7.14. The molecule has 0 spiro atoms. The summed E-state index contributed by atoms with van der Waals surface area (Å²) in [4.78, 5) is 28.6. The largest absolute Gasteiger partial charge is 0.469 e. The molecule has 0 aliphatic carbocycles. The Balaban J connectivity index is 2.06. The van der Waals surface area contributed by atoms with Gasteiger partial charge >= 0.3 is 5.97 Å². The van der Waals surface area contributed by atoms with Crippen molar-refractivity contribution in [2.45, 2.75) is 12.8 Å². The molecule has 1 atom stereocenters. The zero-order valence-corrected chi connectivity index (χ0v) is 10.8. The van der Waals surface area contributed by atoms with Gasteiger partial charge in [0.1, 0.15) is 0 Å². The number of nitrogens with zero attached hydrogens (tertiary/aromatic N) is 2. The minimum atomic E-state index is -0.354.